The molecule has 7 heteroatoms. The highest BCUT2D eigenvalue weighted by Gasteiger charge is 2.16. The molecule has 0 aliphatic rings. The molecule has 0 spiro atoms. The molecule has 0 aliphatic heterocycles. The molecule has 0 N–H and O–H groups in total. The van der Waals surface area contributed by atoms with Gasteiger partial charge in [0.05, 0.1) is 15.1 Å². The van der Waals surface area contributed by atoms with E-state index >= 15 is 0 Å². The van der Waals surface area contributed by atoms with Gasteiger partial charge in [-0.05, 0) is 12.1 Å². The Bertz CT molecular complexity index is 608. The van der Waals surface area contributed by atoms with Gasteiger partial charge in [-0.1, -0.05) is 46.9 Å². The van der Waals surface area contributed by atoms with Gasteiger partial charge in [0.15, 0.2) is 0 Å². The molecule has 0 unspecified atom stereocenters. The van der Waals surface area contributed by atoms with Crippen LogP contribution in [0.2, 0.25) is 15.1 Å². The second-order valence-corrected chi connectivity index (χ2v) is 4.71. The van der Waals surface area contributed by atoms with Gasteiger partial charge in [0, 0.05) is 17.3 Å². The number of halogens is 5. The SMILES string of the molecule is FC(F)Oc1ncc(Cl)cc1-c1cccc(Cl)c1Cl. The number of aromatic nitrogens is 1. The fourth-order valence-corrected chi connectivity index (χ4v) is 2.07. The maximum Gasteiger partial charge on any atom is 0.388 e. The summed E-state index contributed by atoms with van der Waals surface area (Å²) in [5.74, 6) is -0.261. The first-order chi connectivity index (χ1) is 8.99. The number of pyridine rings is 1. The van der Waals surface area contributed by atoms with Crippen LogP contribution in [0.3, 0.4) is 0 Å². The van der Waals surface area contributed by atoms with Crippen molar-refractivity contribution in [3.05, 3.63) is 45.5 Å². The van der Waals surface area contributed by atoms with Gasteiger partial charge in [0.1, 0.15) is 0 Å². The van der Waals surface area contributed by atoms with Gasteiger partial charge in [0.2, 0.25) is 5.88 Å². The van der Waals surface area contributed by atoms with E-state index in [2.05, 4.69) is 9.72 Å². The molecule has 0 bridgehead atoms. The molecular formula is C12H6Cl3F2NO. The van der Waals surface area contributed by atoms with Crippen LogP contribution in [0.15, 0.2) is 30.5 Å². The minimum Gasteiger partial charge on any atom is -0.416 e. The molecule has 0 radical (unpaired) electrons. The largest absolute Gasteiger partial charge is 0.416 e. The van der Waals surface area contributed by atoms with Crippen molar-refractivity contribution >= 4 is 34.8 Å². The fraction of sp³-hybridized carbons (Fsp3) is 0.0833. The van der Waals surface area contributed by atoms with E-state index in [4.69, 9.17) is 34.8 Å². The highest BCUT2D eigenvalue weighted by molar-refractivity contribution is 6.43. The lowest BCUT2D eigenvalue weighted by Gasteiger charge is -2.11. The summed E-state index contributed by atoms with van der Waals surface area (Å²) in [5, 5.41) is 0.780. The zero-order valence-corrected chi connectivity index (χ0v) is 11.5. The number of alkyl halides is 2. The Morgan fingerprint density at radius 1 is 1.11 bits per heavy atom. The maximum atomic E-state index is 12.3. The topological polar surface area (TPSA) is 22.1 Å². The predicted molar refractivity (Wildman–Crippen MR) is 71.3 cm³/mol. The third kappa shape index (κ3) is 3.26. The van der Waals surface area contributed by atoms with E-state index in [1.165, 1.54) is 12.3 Å². The second kappa shape index (κ2) is 5.90. The molecule has 19 heavy (non-hydrogen) atoms. The van der Waals surface area contributed by atoms with Gasteiger partial charge in [0.25, 0.3) is 0 Å². The van der Waals surface area contributed by atoms with E-state index in [9.17, 15) is 8.78 Å². The Balaban J connectivity index is 2.59. The summed E-state index contributed by atoms with van der Waals surface area (Å²) in [4.78, 5) is 3.73. The summed E-state index contributed by atoms with van der Waals surface area (Å²) in [7, 11) is 0. The Hall–Kier alpha value is -1.10. The lowest BCUT2D eigenvalue weighted by Crippen LogP contribution is -2.05. The van der Waals surface area contributed by atoms with E-state index in [0.717, 1.165) is 0 Å². The van der Waals surface area contributed by atoms with Gasteiger partial charge >= 0.3 is 6.61 Å². The summed E-state index contributed by atoms with van der Waals surface area (Å²) in [5.41, 5.74) is 0.667. The summed E-state index contributed by atoms with van der Waals surface area (Å²) < 4.78 is 29.0. The summed E-state index contributed by atoms with van der Waals surface area (Å²) in [6.45, 7) is -3.00. The molecule has 100 valence electrons. The molecule has 1 heterocycles. The minimum atomic E-state index is -3.00. The van der Waals surface area contributed by atoms with Crippen molar-refractivity contribution in [3.63, 3.8) is 0 Å². The van der Waals surface area contributed by atoms with Crippen LogP contribution in [0, 0.1) is 0 Å². The number of ether oxygens (including phenoxy) is 1. The normalized spacial score (nSPS) is 10.8. The van der Waals surface area contributed by atoms with E-state index in [0.29, 0.717) is 10.6 Å². The van der Waals surface area contributed by atoms with Gasteiger partial charge in [-0.25, -0.2) is 4.98 Å². The molecule has 2 aromatic rings. The van der Waals surface area contributed by atoms with Gasteiger partial charge in [-0.15, -0.1) is 0 Å². The minimum absolute atomic E-state index is 0.215. The zero-order chi connectivity index (χ0) is 14.0. The van der Waals surface area contributed by atoms with Crippen molar-refractivity contribution < 1.29 is 13.5 Å². The van der Waals surface area contributed by atoms with Crippen LogP contribution in [0.4, 0.5) is 8.78 Å². The van der Waals surface area contributed by atoms with Crippen LogP contribution in [0.5, 0.6) is 5.88 Å². The highest BCUT2D eigenvalue weighted by atomic mass is 35.5. The Labute approximate surface area is 122 Å². The van der Waals surface area contributed by atoms with Crippen LogP contribution in [-0.2, 0) is 0 Å². The van der Waals surface area contributed by atoms with Gasteiger partial charge in [-0.2, -0.15) is 8.78 Å². The van der Waals surface area contributed by atoms with Crippen molar-refractivity contribution in [2.24, 2.45) is 0 Å². The van der Waals surface area contributed by atoms with E-state index < -0.39 is 6.61 Å². The summed E-state index contributed by atoms with van der Waals surface area (Å²) >= 11 is 17.7. The lowest BCUT2D eigenvalue weighted by atomic mass is 10.1. The molecule has 1 aromatic heterocycles. The summed E-state index contributed by atoms with van der Waals surface area (Å²) in [6.07, 6.45) is 1.21. The first kappa shape index (κ1) is 14.3. The van der Waals surface area contributed by atoms with Crippen molar-refractivity contribution in [2.75, 3.05) is 0 Å². The highest BCUT2D eigenvalue weighted by Crippen LogP contribution is 2.38. The number of hydrogen-bond acceptors (Lipinski definition) is 2. The van der Waals surface area contributed by atoms with Crippen LogP contribution in [0.25, 0.3) is 11.1 Å². The van der Waals surface area contributed by atoms with Gasteiger partial charge < -0.3 is 4.74 Å². The average molecular weight is 325 g/mol. The van der Waals surface area contributed by atoms with E-state index in [-0.39, 0.29) is 21.5 Å². The molecule has 0 saturated heterocycles. The Kier molecular flexibility index (Phi) is 4.45. The Morgan fingerprint density at radius 3 is 2.53 bits per heavy atom. The monoisotopic (exact) mass is 323 g/mol. The number of rotatable bonds is 3. The van der Waals surface area contributed by atoms with E-state index in [1.54, 1.807) is 18.2 Å². The quantitative estimate of drug-likeness (QED) is 0.763. The molecule has 0 aliphatic carbocycles. The van der Waals surface area contributed by atoms with Crippen molar-refractivity contribution in [1.82, 2.24) is 4.98 Å². The average Bonchev–Trinajstić information content (AvgIpc) is 2.35. The molecule has 2 nitrogen and oxygen atoms in total. The van der Waals surface area contributed by atoms with Crippen LogP contribution < -0.4 is 4.74 Å². The van der Waals surface area contributed by atoms with Crippen molar-refractivity contribution in [1.29, 1.82) is 0 Å². The van der Waals surface area contributed by atoms with Crippen LogP contribution >= 0.6 is 34.8 Å². The van der Waals surface area contributed by atoms with Crippen molar-refractivity contribution in [2.45, 2.75) is 6.61 Å². The molecule has 0 saturated carbocycles. The standard InChI is InChI=1S/C12H6Cl3F2NO/c13-6-4-8(11(18-5-6)19-12(16)17)7-2-1-3-9(14)10(7)15/h1-5,12H. The predicted octanol–water partition coefficient (Wildman–Crippen LogP) is 5.31. The fourth-order valence-electron chi connectivity index (χ4n) is 1.51. The summed E-state index contributed by atoms with van der Waals surface area (Å²) in [6, 6.07) is 6.26. The second-order valence-electron chi connectivity index (χ2n) is 3.49. The third-order valence-corrected chi connectivity index (χ3v) is 3.29. The maximum absolute atomic E-state index is 12.3. The first-order valence-electron chi connectivity index (χ1n) is 5.04. The number of nitrogens with zero attached hydrogens (tertiary/aromatic N) is 1. The lowest BCUT2D eigenvalue weighted by molar-refractivity contribution is -0.0524. The van der Waals surface area contributed by atoms with Crippen molar-refractivity contribution in [3.8, 4) is 17.0 Å². The molecule has 2 rings (SSSR count). The molecule has 0 atom stereocenters. The van der Waals surface area contributed by atoms with Crippen LogP contribution in [-0.4, -0.2) is 11.6 Å². The molecular weight excluding hydrogens is 318 g/mol. The number of hydrogen-bond donors (Lipinski definition) is 0. The van der Waals surface area contributed by atoms with Crippen LogP contribution in [0.1, 0.15) is 0 Å². The molecule has 0 amide bonds. The first-order valence-corrected chi connectivity index (χ1v) is 6.17. The third-order valence-electron chi connectivity index (χ3n) is 2.26. The molecule has 0 fully saturated rings. The zero-order valence-electron chi connectivity index (χ0n) is 9.21. The number of benzene rings is 1. The van der Waals surface area contributed by atoms with E-state index in [1.807, 2.05) is 0 Å². The molecule has 1 aromatic carbocycles. The Morgan fingerprint density at radius 2 is 1.84 bits per heavy atom. The van der Waals surface area contributed by atoms with Gasteiger partial charge in [-0.3, -0.25) is 0 Å². The smallest absolute Gasteiger partial charge is 0.388 e.